The number of hydrogen-bond donors (Lipinski definition) is 2. The monoisotopic (exact) mass is 425 g/mol. The normalized spacial score (nSPS) is 18.9. The van der Waals surface area contributed by atoms with Crippen LogP contribution in [0.5, 0.6) is 5.88 Å². The molecule has 0 radical (unpaired) electrons. The maximum absolute atomic E-state index is 13.7. The van der Waals surface area contributed by atoms with Crippen LogP contribution >= 0.6 is 0 Å². The number of pyridine rings is 2. The molecule has 4 rings (SSSR count). The minimum atomic E-state index is -0.128. The van der Waals surface area contributed by atoms with Gasteiger partial charge in [-0.2, -0.15) is 4.98 Å². The second kappa shape index (κ2) is 8.99. The lowest BCUT2D eigenvalue weighted by atomic mass is 9.92. The summed E-state index contributed by atoms with van der Waals surface area (Å²) in [6.07, 6.45) is 4.91. The van der Waals surface area contributed by atoms with E-state index in [1.165, 1.54) is 0 Å². The highest BCUT2D eigenvalue weighted by atomic mass is 16.5. The zero-order valence-corrected chi connectivity index (χ0v) is 17.7. The first-order valence-electron chi connectivity index (χ1n) is 10.4. The van der Waals surface area contributed by atoms with Gasteiger partial charge in [0.25, 0.3) is 5.56 Å². The number of nitrogen functional groups attached to an aromatic ring is 1. The number of anilines is 1. The fraction of sp³-hybridized carbons (Fsp3) is 0.455. The van der Waals surface area contributed by atoms with Crippen LogP contribution in [0.25, 0.3) is 22.2 Å². The molecule has 9 heteroatoms. The third kappa shape index (κ3) is 4.24. The molecule has 0 aliphatic heterocycles. The van der Waals surface area contributed by atoms with Gasteiger partial charge in [-0.05, 0) is 44.7 Å². The van der Waals surface area contributed by atoms with Crippen molar-refractivity contribution < 1.29 is 14.6 Å². The lowest BCUT2D eigenvalue weighted by Crippen LogP contribution is -2.32. The molecule has 3 heterocycles. The topological polar surface area (TPSA) is 125 Å². The van der Waals surface area contributed by atoms with Gasteiger partial charge in [0.2, 0.25) is 11.8 Å². The molecular weight excluding hydrogens is 398 g/mol. The SMILES string of the molecule is COc1ccc(-c2cc3c(C)nc(N)nc3n([C@H]3CC[C@@H](OCCO)CC3)c2=O)cn1. The number of ether oxygens (including phenoxy) is 2. The Morgan fingerprint density at radius 3 is 2.65 bits per heavy atom. The maximum Gasteiger partial charge on any atom is 0.260 e. The van der Waals surface area contributed by atoms with E-state index >= 15 is 0 Å². The number of aliphatic hydroxyl groups excluding tert-OH is 1. The molecule has 0 unspecified atom stereocenters. The highest BCUT2D eigenvalue weighted by molar-refractivity contribution is 5.84. The quantitative estimate of drug-likeness (QED) is 0.616. The van der Waals surface area contributed by atoms with Gasteiger partial charge in [-0.25, -0.2) is 9.97 Å². The number of aliphatic hydroxyl groups is 1. The van der Waals surface area contributed by atoms with Gasteiger partial charge in [0, 0.05) is 34.8 Å². The molecule has 0 amide bonds. The van der Waals surface area contributed by atoms with Crippen LogP contribution in [0.3, 0.4) is 0 Å². The standard InChI is InChI=1S/C22H27N5O4/c1-13-17-11-18(14-3-8-19(30-2)24-12-14)21(29)27(20(17)26-22(23)25-13)15-4-6-16(7-5-15)31-10-9-28/h3,8,11-12,15-16,28H,4-7,9-10H2,1-2H3,(H2,23,25,26)/t15-,16+. The summed E-state index contributed by atoms with van der Waals surface area (Å²) in [6, 6.07) is 5.36. The summed E-state index contributed by atoms with van der Waals surface area (Å²) in [5.74, 6) is 0.635. The molecule has 3 N–H and O–H groups in total. The number of aryl methyl sites for hydroxylation is 1. The van der Waals surface area contributed by atoms with E-state index in [-0.39, 0.29) is 30.3 Å². The molecule has 0 atom stereocenters. The molecule has 164 valence electrons. The van der Waals surface area contributed by atoms with Crippen molar-refractivity contribution in [2.24, 2.45) is 0 Å². The van der Waals surface area contributed by atoms with Crippen molar-refractivity contribution in [3.8, 4) is 17.0 Å². The molecule has 9 nitrogen and oxygen atoms in total. The van der Waals surface area contributed by atoms with Crippen LogP contribution < -0.4 is 16.0 Å². The van der Waals surface area contributed by atoms with Crippen molar-refractivity contribution in [2.75, 3.05) is 26.1 Å². The summed E-state index contributed by atoms with van der Waals surface area (Å²) in [4.78, 5) is 26.6. The van der Waals surface area contributed by atoms with Crippen molar-refractivity contribution in [3.63, 3.8) is 0 Å². The van der Waals surface area contributed by atoms with Gasteiger partial charge < -0.3 is 20.3 Å². The number of nitrogens with two attached hydrogens (primary N) is 1. The number of aromatic nitrogens is 4. The first-order valence-corrected chi connectivity index (χ1v) is 10.4. The van der Waals surface area contributed by atoms with Crippen molar-refractivity contribution in [3.05, 3.63) is 40.4 Å². The fourth-order valence-corrected chi connectivity index (χ4v) is 4.27. The van der Waals surface area contributed by atoms with E-state index in [0.29, 0.717) is 29.3 Å². The molecule has 0 bridgehead atoms. The number of nitrogens with zero attached hydrogens (tertiary/aromatic N) is 4. The first kappa shape index (κ1) is 21.2. The van der Waals surface area contributed by atoms with E-state index in [0.717, 1.165) is 36.8 Å². The Kier molecular flexibility index (Phi) is 6.15. The smallest absolute Gasteiger partial charge is 0.260 e. The van der Waals surface area contributed by atoms with Crippen molar-refractivity contribution in [2.45, 2.75) is 44.8 Å². The van der Waals surface area contributed by atoms with Crippen molar-refractivity contribution >= 4 is 17.0 Å². The minimum Gasteiger partial charge on any atom is -0.481 e. The van der Waals surface area contributed by atoms with E-state index < -0.39 is 0 Å². The number of fused-ring (bicyclic) bond motifs is 1. The Bertz CT molecular complexity index is 1120. The Balaban J connectivity index is 1.81. The predicted molar refractivity (Wildman–Crippen MR) is 117 cm³/mol. The molecule has 31 heavy (non-hydrogen) atoms. The third-order valence-electron chi connectivity index (χ3n) is 5.81. The molecule has 1 aliphatic carbocycles. The lowest BCUT2D eigenvalue weighted by Gasteiger charge is -2.30. The minimum absolute atomic E-state index is 0.0113. The Labute approximate surface area is 179 Å². The van der Waals surface area contributed by atoms with Crippen LogP contribution in [0.1, 0.15) is 37.4 Å². The summed E-state index contributed by atoms with van der Waals surface area (Å²) in [5.41, 5.74) is 8.32. The van der Waals surface area contributed by atoms with Gasteiger partial charge in [0.05, 0.1) is 32.1 Å². The molecule has 1 saturated carbocycles. The highest BCUT2D eigenvalue weighted by Gasteiger charge is 2.27. The van der Waals surface area contributed by atoms with Gasteiger partial charge >= 0.3 is 0 Å². The summed E-state index contributed by atoms with van der Waals surface area (Å²) in [6.45, 7) is 2.21. The van der Waals surface area contributed by atoms with Gasteiger partial charge in [-0.15, -0.1) is 0 Å². The third-order valence-corrected chi connectivity index (χ3v) is 5.81. The average molecular weight is 425 g/mol. The maximum atomic E-state index is 13.7. The number of methoxy groups -OCH3 is 1. The Morgan fingerprint density at radius 2 is 2.00 bits per heavy atom. The van der Waals surface area contributed by atoms with Gasteiger partial charge in [-0.1, -0.05) is 0 Å². The van der Waals surface area contributed by atoms with Gasteiger partial charge in [0.1, 0.15) is 5.65 Å². The predicted octanol–water partition coefficient (Wildman–Crippen LogP) is 2.25. The second-order valence-corrected chi connectivity index (χ2v) is 7.75. The van der Waals surface area contributed by atoms with E-state index in [4.69, 9.17) is 20.3 Å². The molecule has 0 spiro atoms. The molecule has 3 aromatic heterocycles. The van der Waals surface area contributed by atoms with Crippen LogP contribution in [0.4, 0.5) is 5.95 Å². The molecule has 3 aromatic rings. The Hall–Kier alpha value is -3.04. The lowest BCUT2D eigenvalue weighted by molar-refractivity contribution is 0.00169. The molecule has 0 saturated heterocycles. The second-order valence-electron chi connectivity index (χ2n) is 7.75. The van der Waals surface area contributed by atoms with Gasteiger partial charge in [0.15, 0.2) is 0 Å². The Morgan fingerprint density at radius 1 is 1.23 bits per heavy atom. The van der Waals surface area contributed by atoms with E-state index in [1.807, 2.05) is 19.1 Å². The van der Waals surface area contributed by atoms with Crippen LogP contribution in [-0.2, 0) is 4.74 Å². The zero-order valence-electron chi connectivity index (χ0n) is 17.7. The first-order chi connectivity index (χ1) is 15.0. The summed E-state index contributed by atoms with van der Waals surface area (Å²) in [5, 5.41) is 9.79. The molecular formula is C22H27N5O4. The molecule has 1 aliphatic rings. The van der Waals surface area contributed by atoms with E-state index in [9.17, 15) is 4.79 Å². The van der Waals surface area contributed by atoms with E-state index in [2.05, 4.69) is 15.0 Å². The van der Waals surface area contributed by atoms with Crippen molar-refractivity contribution in [1.82, 2.24) is 19.5 Å². The van der Waals surface area contributed by atoms with Crippen LogP contribution in [0.15, 0.2) is 29.2 Å². The number of rotatable bonds is 6. The summed E-state index contributed by atoms with van der Waals surface area (Å²) >= 11 is 0. The van der Waals surface area contributed by atoms with Crippen LogP contribution in [0, 0.1) is 6.92 Å². The number of hydrogen-bond acceptors (Lipinski definition) is 8. The van der Waals surface area contributed by atoms with Crippen molar-refractivity contribution in [1.29, 1.82) is 0 Å². The van der Waals surface area contributed by atoms with Crippen LogP contribution in [-0.4, -0.2) is 51.1 Å². The highest BCUT2D eigenvalue weighted by Crippen LogP contribution is 2.33. The average Bonchev–Trinajstić information content (AvgIpc) is 2.78. The van der Waals surface area contributed by atoms with E-state index in [1.54, 1.807) is 23.9 Å². The van der Waals surface area contributed by atoms with Gasteiger partial charge in [-0.3, -0.25) is 9.36 Å². The fourth-order valence-electron chi connectivity index (χ4n) is 4.27. The summed E-state index contributed by atoms with van der Waals surface area (Å²) in [7, 11) is 1.55. The largest absolute Gasteiger partial charge is 0.481 e. The molecule has 0 aromatic carbocycles. The molecule has 1 fully saturated rings. The zero-order chi connectivity index (χ0) is 22.0. The summed E-state index contributed by atoms with van der Waals surface area (Å²) < 4.78 is 12.6. The van der Waals surface area contributed by atoms with Crippen LogP contribution in [0.2, 0.25) is 0 Å².